The summed E-state index contributed by atoms with van der Waals surface area (Å²) in [6.07, 6.45) is 1.66. The van der Waals surface area contributed by atoms with Gasteiger partial charge < -0.3 is 10.5 Å². The molecule has 1 rings (SSSR count). The van der Waals surface area contributed by atoms with Gasteiger partial charge in [0, 0.05) is 13.3 Å². The number of aliphatic imine (C=N–C) groups is 1. The van der Waals surface area contributed by atoms with E-state index in [1.54, 1.807) is 19.4 Å². The third-order valence-corrected chi connectivity index (χ3v) is 1.62. The minimum atomic E-state index is 0.424. The highest BCUT2D eigenvalue weighted by Crippen LogP contribution is 1.94. The molecule has 0 saturated carbocycles. The Morgan fingerprint density at radius 2 is 2.43 bits per heavy atom. The average Bonchev–Trinajstić information content (AvgIpc) is 2.18. The fraction of sp³-hybridized carbons (Fsp3) is 0.444. The molecule has 0 saturated heterocycles. The number of hydrogen-bond acceptors (Lipinski definition) is 4. The molecule has 0 fully saturated rings. The molecule has 0 radical (unpaired) electrons. The molecule has 1 aromatic rings. The lowest BCUT2D eigenvalue weighted by atomic mass is 10.4. The van der Waals surface area contributed by atoms with Crippen molar-refractivity contribution in [1.82, 2.24) is 9.97 Å². The second-order valence-electron chi connectivity index (χ2n) is 2.75. The highest BCUT2D eigenvalue weighted by atomic mass is 16.5. The first-order valence-electron chi connectivity index (χ1n) is 4.33. The Bertz CT molecular complexity index is 324. The van der Waals surface area contributed by atoms with E-state index in [0.29, 0.717) is 30.5 Å². The Hall–Kier alpha value is -1.49. The summed E-state index contributed by atoms with van der Waals surface area (Å²) in [5, 5.41) is 0. The molecule has 0 unspecified atom stereocenters. The molecular weight excluding hydrogens is 180 g/mol. The summed E-state index contributed by atoms with van der Waals surface area (Å²) in [6, 6.07) is 1.73. The van der Waals surface area contributed by atoms with Crippen molar-refractivity contribution < 1.29 is 4.74 Å². The van der Waals surface area contributed by atoms with Crippen molar-refractivity contribution in [2.24, 2.45) is 10.7 Å². The summed E-state index contributed by atoms with van der Waals surface area (Å²) in [6.45, 7) is 2.92. The summed E-state index contributed by atoms with van der Waals surface area (Å²) in [4.78, 5) is 12.2. The molecule has 0 amide bonds. The number of nitrogens with two attached hydrogens (primary N) is 1. The van der Waals surface area contributed by atoms with Crippen LogP contribution in [-0.2, 0) is 4.74 Å². The Morgan fingerprint density at radius 1 is 1.64 bits per heavy atom. The molecule has 0 spiro atoms. The van der Waals surface area contributed by atoms with Crippen LogP contribution in [0, 0.1) is 6.92 Å². The molecule has 2 N–H and O–H groups in total. The van der Waals surface area contributed by atoms with Crippen molar-refractivity contribution in [3.63, 3.8) is 0 Å². The molecule has 1 heterocycles. The van der Waals surface area contributed by atoms with E-state index < -0.39 is 0 Å². The first-order chi connectivity index (χ1) is 6.74. The molecule has 1 aromatic heterocycles. The van der Waals surface area contributed by atoms with Gasteiger partial charge in [0.25, 0.3) is 0 Å². The zero-order valence-electron chi connectivity index (χ0n) is 8.40. The molecule has 76 valence electrons. The maximum Gasteiger partial charge on any atom is 0.144 e. The zero-order valence-corrected chi connectivity index (χ0v) is 8.40. The van der Waals surface area contributed by atoms with E-state index in [1.807, 2.05) is 6.92 Å². The fourth-order valence-electron chi connectivity index (χ4n) is 0.937. The Balaban J connectivity index is 2.68. The molecule has 0 aliphatic carbocycles. The summed E-state index contributed by atoms with van der Waals surface area (Å²) >= 11 is 0. The number of aryl methyl sites for hydroxylation is 1. The smallest absolute Gasteiger partial charge is 0.144 e. The molecule has 0 aromatic carbocycles. The fourth-order valence-corrected chi connectivity index (χ4v) is 0.937. The standard InChI is InChI=1S/C9H14N4O/c1-7-11-4-3-8(13-7)9(10)12-5-6-14-2/h3-4H,5-6H2,1-2H3,(H2,10,12). The van der Waals surface area contributed by atoms with Crippen LogP contribution in [0.3, 0.4) is 0 Å². The number of methoxy groups -OCH3 is 1. The van der Waals surface area contributed by atoms with E-state index in [4.69, 9.17) is 10.5 Å². The van der Waals surface area contributed by atoms with Crippen LogP contribution in [0.25, 0.3) is 0 Å². The predicted octanol–water partition coefficient (Wildman–Crippen LogP) is 0.137. The summed E-state index contributed by atoms with van der Waals surface area (Å²) in [5.74, 6) is 1.11. The van der Waals surface area contributed by atoms with Crippen molar-refractivity contribution >= 4 is 5.84 Å². The van der Waals surface area contributed by atoms with Crippen molar-refractivity contribution in [2.75, 3.05) is 20.3 Å². The van der Waals surface area contributed by atoms with E-state index in [9.17, 15) is 0 Å². The van der Waals surface area contributed by atoms with Crippen LogP contribution in [-0.4, -0.2) is 36.1 Å². The molecule has 0 atom stereocenters. The summed E-state index contributed by atoms with van der Waals surface area (Å²) in [7, 11) is 1.63. The van der Waals surface area contributed by atoms with Crippen molar-refractivity contribution in [3.8, 4) is 0 Å². The van der Waals surface area contributed by atoms with Crippen LogP contribution < -0.4 is 5.73 Å². The van der Waals surface area contributed by atoms with Crippen molar-refractivity contribution in [3.05, 3.63) is 23.8 Å². The first kappa shape index (κ1) is 10.6. The number of hydrogen-bond donors (Lipinski definition) is 1. The number of aromatic nitrogens is 2. The molecule has 0 aliphatic heterocycles. The van der Waals surface area contributed by atoms with Crippen LogP contribution in [0.1, 0.15) is 11.5 Å². The SMILES string of the molecule is COCCN=C(N)c1ccnc(C)n1. The normalized spacial score (nSPS) is 11.7. The molecule has 0 bridgehead atoms. The number of ether oxygens (including phenoxy) is 1. The molecule has 14 heavy (non-hydrogen) atoms. The van der Waals surface area contributed by atoms with Gasteiger partial charge in [0.05, 0.1) is 13.2 Å². The van der Waals surface area contributed by atoms with Crippen molar-refractivity contribution in [2.45, 2.75) is 6.92 Å². The van der Waals surface area contributed by atoms with Crippen LogP contribution in [0.5, 0.6) is 0 Å². The largest absolute Gasteiger partial charge is 0.383 e. The summed E-state index contributed by atoms with van der Waals surface area (Å²) in [5.41, 5.74) is 6.37. The van der Waals surface area contributed by atoms with Gasteiger partial charge in [-0.05, 0) is 13.0 Å². The van der Waals surface area contributed by atoms with Crippen molar-refractivity contribution in [1.29, 1.82) is 0 Å². The highest BCUT2D eigenvalue weighted by Gasteiger charge is 1.99. The monoisotopic (exact) mass is 194 g/mol. The quantitative estimate of drug-likeness (QED) is 0.420. The van der Waals surface area contributed by atoms with E-state index in [1.165, 1.54) is 0 Å². The average molecular weight is 194 g/mol. The van der Waals surface area contributed by atoms with Crippen LogP contribution in [0.4, 0.5) is 0 Å². The maximum absolute atomic E-state index is 5.71. The highest BCUT2D eigenvalue weighted by molar-refractivity contribution is 5.95. The van der Waals surface area contributed by atoms with E-state index >= 15 is 0 Å². The van der Waals surface area contributed by atoms with Gasteiger partial charge in [-0.3, -0.25) is 4.99 Å². The van der Waals surface area contributed by atoms with E-state index in [-0.39, 0.29) is 0 Å². The predicted molar refractivity (Wildman–Crippen MR) is 54.2 cm³/mol. The lowest BCUT2D eigenvalue weighted by molar-refractivity contribution is 0.208. The van der Waals surface area contributed by atoms with Gasteiger partial charge >= 0.3 is 0 Å². The minimum Gasteiger partial charge on any atom is -0.383 e. The Morgan fingerprint density at radius 3 is 3.07 bits per heavy atom. The number of nitrogens with zero attached hydrogens (tertiary/aromatic N) is 3. The second kappa shape index (κ2) is 5.29. The van der Waals surface area contributed by atoms with E-state index in [2.05, 4.69) is 15.0 Å². The van der Waals surface area contributed by atoms with Gasteiger partial charge in [0.1, 0.15) is 17.4 Å². The van der Waals surface area contributed by atoms with Gasteiger partial charge in [-0.1, -0.05) is 0 Å². The van der Waals surface area contributed by atoms with Crippen LogP contribution in [0.2, 0.25) is 0 Å². The zero-order chi connectivity index (χ0) is 10.4. The maximum atomic E-state index is 5.71. The Kier molecular flexibility index (Phi) is 4.00. The Labute approximate surface area is 83.0 Å². The van der Waals surface area contributed by atoms with Crippen LogP contribution >= 0.6 is 0 Å². The van der Waals surface area contributed by atoms with Gasteiger partial charge in [-0.15, -0.1) is 0 Å². The third kappa shape index (κ3) is 3.10. The van der Waals surface area contributed by atoms with Gasteiger partial charge in [0.2, 0.25) is 0 Å². The van der Waals surface area contributed by atoms with Gasteiger partial charge in [0.15, 0.2) is 0 Å². The van der Waals surface area contributed by atoms with Gasteiger partial charge in [-0.25, -0.2) is 9.97 Å². The summed E-state index contributed by atoms with van der Waals surface area (Å²) < 4.78 is 4.86. The number of amidine groups is 1. The first-order valence-corrected chi connectivity index (χ1v) is 4.33. The third-order valence-electron chi connectivity index (χ3n) is 1.62. The van der Waals surface area contributed by atoms with Gasteiger partial charge in [-0.2, -0.15) is 0 Å². The molecule has 5 nitrogen and oxygen atoms in total. The topological polar surface area (TPSA) is 73.4 Å². The molecule has 0 aliphatic rings. The van der Waals surface area contributed by atoms with Crippen LogP contribution in [0.15, 0.2) is 17.3 Å². The molecule has 5 heteroatoms. The minimum absolute atomic E-state index is 0.424. The second-order valence-corrected chi connectivity index (χ2v) is 2.75. The lowest BCUT2D eigenvalue weighted by Gasteiger charge is -2.00. The van der Waals surface area contributed by atoms with E-state index in [0.717, 1.165) is 0 Å². The molecular formula is C9H14N4O. The number of rotatable bonds is 4. The lowest BCUT2D eigenvalue weighted by Crippen LogP contribution is -2.17.